The predicted molar refractivity (Wildman–Crippen MR) is 220 cm³/mol. The molecule has 2 aliphatic carbocycles. The molecule has 48 heavy (non-hydrogen) atoms. The average molecular weight is 664 g/mol. The van der Waals surface area contributed by atoms with E-state index in [0.717, 1.165) is 78.7 Å². The largest absolute Gasteiger partial charge is 0.335 e. The van der Waals surface area contributed by atoms with Gasteiger partial charge in [-0.15, -0.1) is 12.6 Å². The highest BCUT2D eigenvalue weighted by Crippen LogP contribution is 2.33. The minimum Gasteiger partial charge on any atom is -0.335 e. The van der Waals surface area contributed by atoms with Crippen LogP contribution in [0.4, 0.5) is 5.69 Å². The summed E-state index contributed by atoms with van der Waals surface area (Å²) in [5.41, 5.74) is 8.06. The van der Waals surface area contributed by atoms with Crippen LogP contribution < -0.4 is 10.2 Å². The Labute approximate surface area is 299 Å². The second-order valence-electron chi connectivity index (χ2n) is 11.6. The van der Waals surface area contributed by atoms with Crippen molar-refractivity contribution >= 4 is 35.6 Å². The fourth-order valence-electron chi connectivity index (χ4n) is 6.08. The number of anilines is 1. The van der Waals surface area contributed by atoms with Crippen molar-refractivity contribution in [3.63, 3.8) is 0 Å². The molecular weight excluding hydrogens is 603 g/mol. The Bertz CT molecular complexity index is 1420. The highest BCUT2D eigenvalue weighted by Gasteiger charge is 2.22. The van der Waals surface area contributed by atoms with Crippen LogP contribution in [0, 0.1) is 0 Å². The minimum atomic E-state index is 0.168. The fourth-order valence-corrected chi connectivity index (χ4v) is 6.41. The van der Waals surface area contributed by atoms with Crippen LogP contribution in [0.3, 0.4) is 0 Å². The van der Waals surface area contributed by atoms with Crippen LogP contribution >= 0.6 is 12.6 Å². The number of thiol groups is 1. The fraction of sp³-hybridized carbons (Fsp3) is 0.386. The van der Waals surface area contributed by atoms with Crippen LogP contribution in [0.5, 0.6) is 0 Å². The molecule has 4 rings (SSSR count). The maximum atomic E-state index is 4.73. The van der Waals surface area contributed by atoms with Gasteiger partial charge in [0.1, 0.15) is 0 Å². The van der Waals surface area contributed by atoms with E-state index in [4.69, 9.17) is 12.6 Å². The van der Waals surface area contributed by atoms with Gasteiger partial charge in [0.05, 0.1) is 11.7 Å². The lowest BCUT2D eigenvalue weighted by Gasteiger charge is -2.33. The maximum Gasteiger partial charge on any atom is 0.0702 e. The Kier molecular flexibility index (Phi) is 20.0. The number of aliphatic imine (C=N–C) groups is 1. The third-order valence-electron chi connectivity index (χ3n) is 8.37. The van der Waals surface area contributed by atoms with Gasteiger partial charge in [0.25, 0.3) is 0 Å². The van der Waals surface area contributed by atoms with E-state index in [1.807, 2.05) is 52.9 Å². The number of hydrogen-bond acceptors (Lipinski definition) is 4. The first-order valence-corrected chi connectivity index (χ1v) is 18.6. The second-order valence-corrected chi connectivity index (χ2v) is 12.0. The van der Waals surface area contributed by atoms with Gasteiger partial charge in [0, 0.05) is 27.9 Å². The van der Waals surface area contributed by atoms with Crippen molar-refractivity contribution in [2.45, 2.75) is 104 Å². The molecule has 1 unspecified atom stereocenters. The standard InChI is InChI=1S/C40H49N3S.2C2H6/c1-5-17-37(38(41-3)29-24-31(2)30-39(44)32-18-11-10-12-19-32)40(42-4)33-25-27-36(28-26-33)43(34-20-13-6-7-14-21-34)35-22-15-8-9-16-23-35;2*1-2/h6-7,10-13,15,18-20,22-23,25-28,30,34,38,41,44H,2,4-5,8-9,14,16-17,21,24,29H2,1,3H3;2*1-2H3/b39-30-,40-37-;;/t34?,38-;;/m0../s1. The SMILES string of the molecule is C=N/C(=C(/CCC)[C@H](CCC(=C)/C=C(\S)c1ccccc1)NC)c1ccc(N(C2=CCCCC=C2)C2C=CC=CCC2)cc1.CC.CC. The second kappa shape index (κ2) is 23.7. The van der Waals surface area contributed by atoms with Crippen LogP contribution in [0.25, 0.3) is 10.6 Å². The molecule has 0 aliphatic heterocycles. The zero-order chi connectivity index (χ0) is 35.1. The molecule has 0 bridgehead atoms. The first-order chi connectivity index (χ1) is 23.5. The number of nitrogens with zero attached hydrogens (tertiary/aromatic N) is 2. The first kappa shape index (κ1) is 40.6. The quantitative estimate of drug-likeness (QED) is 0.120. The van der Waals surface area contributed by atoms with Gasteiger partial charge in [0.2, 0.25) is 0 Å². The number of benzene rings is 2. The number of hydrogen-bond donors (Lipinski definition) is 2. The number of rotatable bonds is 14. The van der Waals surface area contributed by atoms with Crippen LogP contribution in [0.15, 0.2) is 132 Å². The maximum absolute atomic E-state index is 4.73. The van der Waals surface area contributed by atoms with Crippen LogP contribution in [0.1, 0.15) is 104 Å². The molecule has 2 aliphatic rings. The molecule has 258 valence electrons. The molecule has 0 heterocycles. The van der Waals surface area contributed by atoms with E-state index in [9.17, 15) is 0 Å². The third-order valence-corrected chi connectivity index (χ3v) is 8.76. The molecule has 0 fully saturated rings. The molecule has 0 aromatic heterocycles. The van der Waals surface area contributed by atoms with Gasteiger partial charge in [-0.05, 0) is 101 Å². The van der Waals surface area contributed by atoms with E-state index < -0.39 is 0 Å². The number of allylic oxidation sites excluding steroid dienone is 8. The molecule has 0 saturated heterocycles. The lowest BCUT2D eigenvalue weighted by molar-refractivity contribution is 0.568. The van der Waals surface area contributed by atoms with Crippen LogP contribution in [-0.2, 0) is 0 Å². The minimum absolute atomic E-state index is 0.168. The van der Waals surface area contributed by atoms with Gasteiger partial charge in [-0.25, -0.2) is 0 Å². The topological polar surface area (TPSA) is 27.6 Å². The summed E-state index contributed by atoms with van der Waals surface area (Å²) in [6.45, 7) is 18.6. The van der Waals surface area contributed by atoms with Crippen molar-refractivity contribution in [1.29, 1.82) is 0 Å². The summed E-state index contributed by atoms with van der Waals surface area (Å²) >= 11 is 4.73. The zero-order valence-corrected chi connectivity index (χ0v) is 31.5. The highest BCUT2D eigenvalue weighted by molar-refractivity contribution is 7.90. The normalized spacial score (nSPS) is 16.9. The Hall–Kier alpha value is -3.60. The summed E-state index contributed by atoms with van der Waals surface area (Å²) in [7, 11) is 2.04. The molecule has 0 spiro atoms. The summed E-state index contributed by atoms with van der Waals surface area (Å²) in [4.78, 5) is 8.07. The van der Waals surface area contributed by atoms with Crippen molar-refractivity contribution in [1.82, 2.24) is 5.32 Å². The first-order valence-electron chi connectivity index (χ1n) is 18.2. The molecular formula is C44H61N3S. The van der Waals surface area contributed by atoms with E-state index in [0.29, 0.717) is 6.04 Å². The molecule has 2 aromatic rings. The van der Waals surface area contributed by atoms with Crippen molar-refractivity contribution in [3.8, 4) is 0 Å². The van der Waals surface area contributed by atoms with Gasteiger partial charge < -0.3 is 10.2 Å². The summed E-state index contributed by atoms with van der Waals surface area (Å²) in [6.07, 6.45) is 27.5. The Morgan fingerprint density at radius 3 is 2.35 bits per heavy atom. The van der Waals surface area contributed by atoms with Gasteiger partial charge in [-0.3, -0.25) is 4.99 Å². The molecule has 2 atom stereocenters. The molecule has 0 amide bonds. The van der Waals surface area contributed by atoms with Crippen LogP contribution in [-0.4, -0.2) is 25.8 Å². The van der Waals surface area contributed by atoms with Crippen molar-refractivity contribution in [2.75, 3.05) is 11.9 Å². The Balaban J connectivity index is 0.00000193. The average Bonchev–Trinajstić information content (AvgIpc) is 3.58. The van der Waals surface area contributed by atoms with Gasteiger partial charge in [-0.2, -0.15) is 0 Å². The molecule has 1 N–H and O–H groups in total. The lowest BCUT2D eigenvalue weighted by atomic mass is 9.92. The van der Waals surface area contributed by atoms with E-state index in [1.165, 1.54) is 23.4 Å². The molecule has 3 nitrogen and oxygen atoms in total. The zero-order valence-electron chi connectivity index (χ0n) is 30.6. The monoisotopic (exact) mass is 663 g/mol. The molecule has 0 radical (unpaired) electrons. The number of nitrogens with one attached hydrogen (secondary N) is 1. The summed E-state index contributed by atoms with van der Waals surface area (Å²) in [6, 6.07) is 19.7. The molecule has 2 aromatic carbocycles. The van der Waals surface area contributed by atoms with Gasteiger partial charge >= 0.3 is 0 Å². The highest BCUT2D eigenvalue weighted by atomic mass is 32.1. The van der Waals surface area contributed by atoms with Crippen LogP contribution in [0.2, 0.25) is 0 Å². The molecule has 0 saturated carbocycles. The van der Waals surface area contributed by atoms with E-state index >= 15 is 0 Å². The Morgan fingerprint density at radius 1 is 0.958 bits per heavy atom. The molecule has 4 heteroatoms. The summed E-state index contributed by atoms with van der Waals surface area (Å²) < 4.78 is 0. The van der Waals surface area contributed by atoms with E-state index in [2.05, 4.69) is 120 Å². The van der Waals surface area contributed by atoms with Crippen molar-refractivity contribution < 1.29 is 0 Å². The van der Waals surface area contributed by atoms with E-state index in [1.54, 1.807) is 0 Å². The smallest absolute Gasteiger partial charge is 0.0702 e. The Morgan fingerprint density at radius 2 is 1.69 bits per heavy atom. The summed E-state index contributed by atoms with van der Waals surface area (Å²) in [5, 5.41) is 3.58. The van der Waals surface area contributed by atoms with Gasteiger partial charge in [-0.1, -0.05) is 132 Å². The predicted octanol–water partition coefficient (Wildman–Crippen LogP) is 12.6. The van der Waals surface area contributed by atoms with Crippen molar-refractivity contribution in [2.24, 2.45) is 4.99 Å². The lowest BCUT2D eigenvalue weighted by Crippen LogP contribution is -2.32. The van der Waals surface area contributed by atoms with E-state index in [-0.39, 0.29) is 6.04 Å². The summed E-state index contributed by atoms with van der Waals surface area (Å²) in [5.74, 6) is 0. The third kappa shape index (κ3) is 12.5. The van der Waals surface area contributed by atoms with Crippen molar-refractivity contribution in [3.05, 3.63) is 138 Å². The van der Waals surface area contributed by atoms with Gasteiger partial charge in [0.15, 0.2) is 0 Å². The number of likely N-dealkylation sites (N-methyl/N-ethyl adjacent to an activating group) is 1.